The summed E-state index contributed by atoms with van der Waals surface area (Å²) in [6.07, 6.45) is 5.89. The molecule has 0 aliphatic carbocycles. The topological polar surface area (TPSA) is 45.2 Å². The highest BCUT2D eigenvalue weighted by atomic mass is 16.1. The van der Waals surface area contributed by atoms with E-state index in [-0.39, 0.29) is 5.91 Å². The summed E-state index contributed by atoms with van der Waals surface area (Å²) in [7, 11) is 0. The summed E-state index contributed by atoms with van der Waals surface area (Å²) in [6, 6.07) is 10.1. The summed E-state index contributed by atoms with van der Waals surface area (Å²) >= 11 is 0. The van der Waals surface area contributed by atoms with Crippen molar-refractivity contribution in [1.29, 1.82) is 0 Å². The second-order valence-electron chi connectivity index (χ2n) is 6.72. The van der Waals surface area contributed by atoms with Crippen LogP contribution in [0, 0.1) is 19.8 Å². The first-order chi connectivity index (χ1) is 11.6. The third kappa shape index (κ3) is 4.13. The van der Waals surface area contributed by atoms with Crippen molar-refractivity contribution in [2.24, 2.45) is 5.92 Å². The van der Waals surface area contributed by atoms with Gasteiger partial charge in [0, 0.05) is 43.3 Å². The molecular weight excluding hydrogens is 298 g/mol. The minimum Gasteiger partial charge on any atom is -0.371 e. The van der Waals surface area contributed by atoms with Crippen LogP contribution in [0.2, 0.25) is 0 Å². The van der Waals surface area contributed by atoms with Gasteiger partial charge in [-0.2, -0.15) is 0 Å². The number of pyridine rings is 1. The van der Waals surface area contributed by atoms with Crippen LogP contribution in [0.3, 0.4) is 0 Å². The third-order valence-electron chi connectivity index (χ3n) is 4.68. The van der Waals surface area contributed by atoms with Crippen LogP contribution < -0.4 is 10.2 Å². The lowest BCUT2D eigenvalue weighted by molar-refractivity contribution is 0.0944. The molecule has 4 heteroatoms. The maximum atomic E-state index is 12.3. The maximum absolute atomic E-state index is 12.3. The Hall–Kier alpha value is -2.36. The first-order valence-corrected chi connectivity index (χ1v) is 8.63. The lowest BCUT2D eigenvalue weighted by Gasteiger charge is -2.33. The minimum atomic E-state index is 0.0402. The van der Waals surface area contributed by atoms with Gasteiger partial charge in [0.2, 0.25) is 0 Å². The van der Waals surface area contributed by atoms with E-state index in [4.69, 9.17) is 0 Å². The number of benzene rings is 1. The summed E-state index contributed by atoms with van der Waals surface area (Å²) in [5.41, 5.74) is 4.26. The summed E-state index contributed by atoms with van der Waals surface area (Å²) in [5.74, 6) is 0.594. The van der Waals surface area contributed by atoms with Gasteiger partial charge in [-0.1, -0.05) is 17.2 Å². The van der Waals surface area contributed by atoms with Crippen LogP contribution in [0.15, 0.2) is 42.7 Å². The van der Waals surface area contributed by atoms with Gasteiger partial charge in [-0.15, -0.1) is 0 Å². The van der Waals surface area contributed by atoms with E-state index < -0.39 is 0 Å². The Bertz CT molecular complexity index is 671. The molecule has 1 N–H and O–H groups in total. The summed E-state index contributed by atoms with van der Waals surface area (Å²) in [4.78, 5) is 18.8. The number of anilines is 1. The normalized spacial score (nSPS) is 15.3. The highest BCUT2D eigenvalue weighted by Crippen LogP contribution is 2.22. The van der Waals surface area contributed by atoms with Crippen LogP contribution in [0.5, 0.6) is 0 Å². The van der Waals surface area contributed by atoms with Gasteiger partial charge < -0.3 is 10.2 Å². The number of hydrogen-bond donors (Lipinski definition) is 1. The van der Waals surface area contributed by atoms with Crippen molar-refractivity contribution in [1.82, 2.24) is 10.3 Å². The van der Waals surface area contributed by atoms with E-state index in [2.05, 4.69) is 33.4 Å². The van der Waals surface area contributed by atoms with E-state index in [1.807, 2.05) is 38.4 Å². The zero-order valence-electron chi connectivity index (χ0n) is 14.5. The first kappa shape index (κ1) is 16.5. The number of piperidine rings is 1. The number of carbonyl (C=O) groups is 1. The number of hydrogen-bond acceptors (Lipinski definition) is 3. The van der Waals surface area contributed by atoms with Crippen molar-refractivity contribution in [2.75, 3.05) is 24.5 Å². The highest BCUT2D eigenvalue weighted by molar-refractivity contribution is 5.94. The fourth-order valence-corrected chi connectivity index (χ4v) is 3.40. The van der Waals surface area contributed by atoms with Crippen LogP contribution in [0.25, 0.3) is 0 Å². The van der Waals surface area contributed by atoms with E-state index in [1.165, 1.54) is 5.69 Å². The Kier molecular flexibility index (Phi) is 5.14. The summed E-state index contributed by atoms with van der Waals surface area (Å²) in [6.45, 7) is 6.88. The van der Waals surface area contributed by atoms with Crippen molar-refractivity contribution in [3.8, 4) is 0 Å². The summed E-state index contributed by atoms with van der Waals surface area (Å²) in [5, 5.41) is 3.11. The van der Waals surface area contributed by atoms with Gasteiger partial charge in [0.05, 0.1) is 0 Å². The molecule has 1 aromatic heterocycles. The molecule has 0 spiro atoms. The number of amides is 1. The van der Waals surface area contributed by atoms with Crippen molar-refractivity contribution < 1.29 is 4.79 Å². The molecule has 0 saturated carbocycles. The fourth-order valence-electron chi connectivity index (χ4n) is 3.40. The molecule has 1 saturated heterocycles. The standard InChI is InChI=1S/C20H25N3O/c1-15-11-16(2)13-18(12-15)20(24)22-14-17-5-9-23(10-6-17)19-3-7-21-8-4-19/h3-4,7-8,11-13,17H,5-6,9-10,14H2,1-2H3,(H,22,24). The van der Waals surface area contributed by atoms with Crippen LogP contribution in [0.4, 0.5) is 5.69 Å². The van der Waals surface area contributed by atoms with Gasteiger partial charge in [-0.25, -0.2) is 0 Å². The Labute approximate surface area is 143 Å². The largest absolute Gasteiger partial charge is 0.371 e. The monoisotopic (exact) mass is 323 g/mol. The van der Waals surface area contributed by atoms with E-state index in [9.17, 15) is 4.79 Å². The molecule has 24 heavy (non-hydrogen) atoms. The quantitative estimate of drug-likeness (QED) is 0.938. The van der Waals surface area contributed by atoms with Crippen LogP contribution in [-0.4, -0.2) is 30.5 Å². The predicted molar refractivity (Wildman–Crippen MR) is 97.4 cm³/mol. The van der Waals surface area contributed by atoms with Crippen molar-refractivity contribution in [3.63, 3.8) is 0 Å². The van der Waals surface area contributed by atoms with Gasteiger partial charge in [0.25, 0.3) is 5.91 Å². The average Bonchev–Trinajstić information content (AvgIpc) is 2.60. The zero-order chi connectivity index (χ0) is 16.9. The third-order valence-corrected chi connectivity index (χ3v) is 4.68. The molecule has 4 nitrogen and oxygen atoms in total. The second-order valence-corrected chi connectivity index (χ2v) is 6.72. The first-order valence-electron chi connectivity index (χ1n) is 8.63. The molecule has 2 heterocycles. The van der Waals surface area contributed by atoms with Gasteiger partial charge in [0.15, 0.2) is 0 Å². The molecule has 0 radical (unpaired) electrons. The second kappa shape index (κ2) is 7.47. The Morgan fingerprint density at radius 2 is 1.75 bits per heavy atom. The van der Waals surface area contributed by atoms with Crippen molar-refractivity contribution >= 4 is 11.6 Å². The smallest absolute Gasteiger partial charge is 0.251 e. The molecule has 1 aromatic carbocycles. The molecule has 3 rings (SSSR count). The van der Waals surface area contributed by atoms with E-state index in [1.54, 1.807) is 0 Å². The van der Waals surface area contributed by atoms with Crippen LogP contribution in [0.1, 0.15) is 34.3 Å². The zero-order valence-corrected chi connectivity index (χ0v) is 14.5. The molecule has 1 aliphatic heterocycles. The molecule has 1 fully saturated rings. The molecule has 2 aromatic rings. The molecule has 0 unspecified atom stereocenters. The maximum Gasteiger partial charge on any atom is 0.251 e. The van der Waals surface area contributed by atoms with Crippen LogP contribution in [-0.2, 0) is 0 Å². The molecule has 126 valence electrons. The van der Waals surface area contributed by atoms with Crippen LogP contribution >= 0.6 is 0 Å². The molecule has 0 bridgehead atoms. The molecule has 0 atom stereocenters. The van der Waals surface area contributed by atoms with E-state index in [0.29, 0.717) is 5.92 Å². The molecule has 1 amide bonds. The summed E-state index contributed by atoms with van der Waals surface area (Å²) < 4.78 is 0. The van der Waals surface area contributed by atoms with Crippen molar-refractivity contribution in [2.45, 2.75) is 26.7 Å². The van der Waals surface area contributed by atoms with Gasteiger partial charge in [0.1, 0.15) is 0 Å². The molecular formula is C20H25N3O. The highest BCUT2D eigenvalue weighted by Gasteiger charge is 2.20. The number of nitrogens with zero attached hydrogens (tertiary/aromatic N) is 2. The van der Waals surface area contributed by atoms with E-state index in [0.717, 1.165) is 49.2 Å². The van der Waals surface area contributed by atoms with Gasteiger partial charge in [-0.05, 0) is 56.9 Å². The predicted octanol–water partition coefficient (Wildman–Crippen LogP) is 3.34. The Balaban J connectivity index is 1.49. The number of aromatic nitrogens is 1. The molecule has 1 aliphatic rings. The fraction of sp³-hybridized carbons (Fsp3) is 0.400. The average molecular weight is 323 g/mol. The Morgan fingerprint density at radius 3 is 2.38 bits per heavy atom. The Morgan fingerprint density at radius 1 is 1.12 bits per heavy atom. The van der Waals surface area contributed by atoms with E-state index >= 15 is 0 Å². The SMILES string of the molecule is Cc1cc(C)cc(C(=O)NCC2CCN(c3ccncc3)CC2)c1. The van der Waals surface area contributed by atoms with Gasteiger partial charge >= 0.3 is 0 Å². The van der Waals surface area contributed by atoms with Gasteiger partial charge in [-0.3, -0.25) is 9.78 Å². The minimum absolute atomic E-state index is 0.0402. The number of rotatable bonds is 4. The number of carbonyl (C=O) groups excluding carboxylic acids is 1. The number of aryl methyl sites for hydroxylation is 2. The lowest BCUT2D eigenvalue weighted by Crippen LogP contribution is -2.38. The lowest BCUT2D eigenvalue weighted by atomic mass is 9.96. The van der Waals surface area contributed by atoms with Crippen molar-refractivity contribution in [3.05, 3.63) is 59.4 Å². The number of nitrogens with one attached hydrogen (secondary N) is 1.